The highest BCUT2D eigenvalue weighted by atomic mass is 79.9. The van der Waals surface area contributed by atoms with E-state index in [0.717, 1.165) is 20.5 Å². The highest BCUT2D eigenvalue weighted by Gasteiger charge is 2.04. The van der Waals surface area contributed by atoms with Crippen LogP contribution in [0.4, 0.5) is 0 Å². The number of rotatable bonds is 3. The molecule has 0 N–H and O–H groups in total. The summed E-state index contributed by atoms with van der Waals surface area (Å²) in [5.74, 6) is 0. The smallest absolute Gasteiger partial charge is 0.151 e. The van der Waals surface area contributed by atoms with Crippen molar-refractivity contribution < 1.29 is 4.79 Å². The van der Waals surface area contributed by atoms with Gasteiger partial charge >= 0.3 is 0 Å². The summed E-state index contributed by atoms with van der Waals surface area (Å²) in [6.07, 6.45) is 0.817. The van der Waals surface area contributed by atoms with E-state index in [1.165, 1.54) is 0 Å². The van der Waals surface area contributed by atoms with Crippen LogP contribution in [0, 0.1) is 0 Å². The Morgan fingerprint density at radius 3 is 2.28 bits per heavy atom. The average Bonchev–Trinajstić information content (AvgIpc) is 2.34. The molecule has 2 aromatic rings. The van der Waals surface area contributed by atoms with Crippen LogP contribution in [0.25, 0.3) is 0 Å². The third-order valence-electron chi connectivity index (χ3n) is 2.23. The summed E-state index contributed by atoms with van der Waals surface area (Å²) < 4.78 is 0.780. The topological polar surface area (TPSA) is 17.1 Å². The molecule has 0 saturated carbocycles. The minimum absolute atomic E-state index is 0.533. The fraction of sp³-hybridized carbons (Fsp3) is 0. The maximum absolute atomic E-state index is 10.7. The van der Waals surface area contributed by atoms with Gasteiger partial charge in [0.1, 0.15) is 0 Å². The maximum atomic E-state index is 10.7. The van der Waals surface area contributed by atoms with Crippen molar-refractivity contribution in [2.45, 2.75) is 9.79 Å². The molecule has 1 nitrogen and oxygen atoms in total. The molecule has 2 aromatic carbocycles. The maximum Gasteiger partial charge on any atom is 0.151 e. The molecule has 2 rings (SSSR count). The molecule has 18 heavy (non-hydrogen) atoms. The summed E-state index contributed by atoms with van der Waals surface area (Å²) in [5.41, 5.74) is 0.633. The van der Waals surface area contributed by atoms with Crippen LogP contribution < -0.4 is 0 Å². The van der Waals surface area contributed by atoms with Crippen molar-refractivity contribution in [3.05, 3.63) is 56.5 Å². The van der Waals surface area contributed by atoms with Crippen molar-refractivity contribution in [1.29, 1.82) is 0 Å². The molecular formula is C13H7BrCl2OS. The fourth-order valence-corrected chi connectivity index (χ4v) is 3.23. The third-order valence-corrected chi connectivity index (χ3v) is 4.63. The van der Waals surface area contributed by atoms with Gasteiger partial charge in [0.05, 0.1) is 10.0 Å². The Balaban J connectivity index is 2.25. The molecule has 0 aromatic heterocycles. The number of benzene rings is 2. The molecule has 0 amide bonds. The number of carbonyl (C=O) groups is 1. The molecule has 0 saturated heterocycles. The lowest BCUT2D eigenvalue weighted by molar-refractivity contribution is 0.112. The Kier molecular flexibility index (Phi) is 4.73. The van der Waals surface area contributed by atoms with E-state index >= 15 is 0 Å². The van der Waals surface area contributed by atoms with Gasteiger partial charge in [-0.2, -0.15) is 0 Å². The summed E-state index contributed by atoms with van der Waals surface area (Å²) >= 11 is 16.7. The van der Waals surface area contributed by atoms with E-state index in [1.54, 1.807) is 23.9 Å². The monoisotopic (exact) mass is 360 g/mol. The van der Waals surface area contributed by atoms with E-state index in [-0.39, 0.29) is 0 Å². The van der Waals surface area contributed by atoms with Crippen LogP contribution in [-0.4, -0.2) is 6.29 Å². The fourth-order valence-electron chi connectivity index (χ4n) is 1.34. The lowest BCUT2D eigenvalue weighted by Gasteiger charge is -2.05. The van der Waals surface area contributed by atoms with Crippen molar-refractivity contribution >= 4 is 57.2 Å². The standard InChI is InChI=1S/C13H7BrCl2OS/c14-11-5-9(2-1-8(11)7-17)18-10-3-4-12(15)13(16)6-10/h1-7H. The molecular weight excluding hydrogens is 355 g/mol. The van der Waals surface area contributed by atoms with Crippen LogP contribution in [0.3, 0.4) is 0 Å². The van der Waals surface area contributed by atoms with Gasteiger partial charge in [0.25, 0.3) is 0 Å². The van der Waals surface area contributed by atoms with Gasteiger partial charge < -0.3 is 0 Å². The Bertz CT molecular complexity index is 602. The molecule has 0 spiro atoms. The second-order valence-corrected chi connectivity index (χ2v) is 6.29. The van der Waals surface area contributed by atoms with Crippen molar-refractivity contribution in [1.82, 2.24) is 0 Å². The van der Waals surface area contributed by atoms with Gasteiger partial charge in [-0.25, -0.2) is 0 Å². The Hall–Kier alpha value is -0.480. The number of hydrogen-bond donors (Lipinski definition) is 0. The lowest BCUT2D eigenvalue weighted by Crippen LogP contribution is -1.82. The normalized spacial score (nSPS) is 10.4. The second kappa shape index (κ2) is 6.11. The van der Waals surface area contributed by atoms with E-state index in [2.05, 4.69) is 15.9 Å². The van der Waals surface area contributed by atoms with Crippen molar-refractivity contribution in [2.75, 3.05) is 0 Å². The van der Waals surface area contributed by atoms with Gasteiger partial charge in [0.15, 0.2) is 6.29 Å². The van der Waals surface area contributed by atoms with Gasteiger partial charge in [-0.1, -0.05) is 50.9 Å². The number of hydrogen-bond acceptors (Lipinski definition) is 2. The van der Waals surface area contributed by atoms with Crippen LogP contribution in [0.2, 0.25) is 10.0 Å². The minimum atomic E-state index is 0.533. The molecule has 0 aliphatic heterocycles. The third kappa shape index (κ3) is 3.29. The largest absolute Gasteiger partial charge is 0.298 e. The lowest BCUT2D eigenvalue weighted by atomic mass is 10.2. The van der Waals surface area contributed by atoms with Crippen LogP contribution in [0.1, 0.15) is 10.4 Å². The first-order chi connectivity index (χ1) is 8.60. The highest BCUT2D eigenvalue weighted by molar-refractivity contribution is 9.10. The second-order valence-electron chi connectivity index (χ2n) is 3.48. The summed E-state index contributed by atoms with van der Waals surface area (Å²) in [6, 6.07) is 11.0. The van der Waals surface area contributed by atoms with E-state index in [1.807, 2.05) is 24.3 Å². The summed E-state index contributed by atoms with van der Waals surface area (Å²) in [7, 11) is 0. The Morgan fingerprint density at radius 1 is 1.00 bits per heavy atom. The number of aldehydes is 1. The minimum Gasteiger partial charge on any atom is -0.298 e. The summed E-state index contributed by atoms with van der Waals surface area (Å²) in [6.45, 7) is 0. The SMILES string of the molecule is O=Cc1ccc(Sc2ccc(Cl)c(Cl)c2)cc1Br. The van der Waals surface area contributed by atoms with Crippen LogP contribution in [0.15, 0.2) is 50.7 Å². The number of carbonyl (C=O) groups excluding carboxylic acids is 1. The zero-order valence-electron chi connectivity index (χ0n) is 8.99. The summed E-state index contributed by atoms with van der Waals surface area (Å²) in [4.78, 5) is 12.7. The first-order valence-corrected chi connectivity index (χ1v) is 7.34. The van der Waals surface area contributed by atoms with Gasteiger partial charge in [0, 0.05) is 19.8 Å². The molecule has 0 unspecified atom stereocenters. The molecule has 0 atom stereocenters. The van der Waals surface area contributed by atoms with E-state index < -0.39 is 0 Å². The molecule has 0 aliphatic rings. The quantitative estimate of drug-likeness (QED) is 0.650. The van der Waals surface area contributed by atoms with Gasteiger partial charge in [-0.05, 0) is 36.4 Å². The van der Waals surface area contributed by atoms with Crippen LogP contribution >= 0.6 is 50.9 Å². The molecule has 0 fully saturated rings. The Morgan fingerprint density at radius 2 is 1.67 bits per heavy atom. The molecule has 92 valence electrons. The van der Waals surface area contributed by atoms with Crippen LogP contribution in [-0.2, 0) is 0 Å². The molecule has 0 radical (unpaired) electrons. The van der Waals surface area contributed by atoms with Crippen molar-refractivity contribution in [2.24, 2.45) is 0 Å². The van der Waals surface area contributed by atoms with E-state index in [9.17, 15) is 4.79 Å². The zero-order chi connectivity index (χ0) is 13.1. The van der Waals surface area contributed by atoms with E-state index in [0.29, 0.717) is 15.6 Å². The highest BCUT2D eigenvalue weighted by Crippen LogP contribution is 2.34. The zero-order valence-corrected chi connectivity index (χ0v) is 12.9. The molecule has 0 bridgehead atoms. The number of halogens is 3. The first-order valence-electron chi connectivity index (χ1n) is 4.98. The van der Waals surface area contributed by atoms with Gasteiger partial charge in [-0.3, -0.25) is 4.79 Å². The van der Waals surface area contributed by atoms with Crippen molar-refractivity contribution in [3.63, 3.8) is 0 Å². The van der Waals surface area contributed by atoms with Gasteiger partial charge in [0.2, 0.25) is 0 Å². The Labute approximate surface area is 128 Å². The first kappa shape index (κ1) is 13.9. The molecule has 0 heterocycles. The predicted molar refractivity (Wildman–Crippen MR) is 80.1 cm³/mol. The molecule has 0 aliphatic carbocycles. The van der Waals surface area contributed by atoms with E-state index in [4.69, 9.17) is 23.2 Å². The molecule has 5 heteroatoms. The van der Waals surface area contributed by atoms with Gasteiger partial charge in [-0.15, -0.1) is 0 Å². The predicted octanol–water partition coefficient (Wildman–Crippen LogP) is 5.72. The average molecular weight is 362 g/mol. The van der Waals surface area contributed by atoms with Crippen LogP contribution in [0.5, 0.6) is 0 Å². The van der Waals surface area contributed by atoms with Crippen molar-refractivity contribution in [3.8, 4) is 0 Å². The summed E-state index contributed by atoms with van der Waals surface area (Å²) in [5, 5.41) is 1.07.